The third-order valence-electron chi connectivity index (χ3n) is 2.40. The van der Waals surface area contributed by atoms with Crippen LogP contribution in [0.25, 0.3) is 0 Å². The number of aromatic amines is 1. The summed E-state index contributed by atoms with van der Waals surface area (Å²) in [5.74, 6) is -0.174. The molecule has 0 saturated heterocycles. The number of anilines is 1. The maximum absolute atomic E-state index is 11.8. The van der Waals surface area contributed by atoms with Gasteiger partial charge in [0.2, 0.25) is 0 Å². The molecule has 2 N–H and O–H groups in total. The number of H-pyrrole nitrogens is 1. The second-order valence-corrected chi connectivity index (χ2v) is 3.58. The molecule has 0 atom stereocenters. The van der Waals surface area contributed by atoms with E-state index in [1.54, 1.807) is 0 Å². The zero-order valence-electron chi connectivity index (χ0n) is 9.91. The highest BCUT2D eigenvalue weighted by molar-refractivity contribution is 6.04. The number of nitro groups is 1. The van der Waals surface area contributed by atoms with Crippen LogP contribution >= 0.6 is 0 Å². The van der Waals surface area contributed by atoms with Crippen LogP contribution in [0.2, 0.25) is 0 Å². The van der Waals surface area contributed by atoms with Crippen molar-refractivity contribution < 1.29 is 14.5 Å². The van der Waals surface area contributed by atoms with E-state index in [4.69, 9.17) is 4.74 Å². The van der Waals surface area contributed by atoms with Crippen LogP contribution in [0.15, 0.2) is 30.6 Å². The first-order valence-corrected chi connectivity index (χ1v) is 5.24. The maximum atomic E-state index is 11.8. The fraction of sp³-hybridized carbons (Fsp3) is 0.0909. The molecule has 8 nitrogen and oxygen atoms in total. The SMILES string of the molecule is COc1cc([N+](=O)[O-])ccc1NC(=O)c1cn[nH]c1. The molecule has 0 aliphatic heterocycles. The summed E-state index contributed by atoms with van der Waals surface area (Å²) in [4.78, 5) is 21.9. The Morgan fingerprint density at radius 2 is 2.32 bits per heavy atom. The van der Waals surface area contributed by atoms with Gasteiger partial charge >= 0.3 is 0 Å². The van der Waals surface area contributed by atoms with Crippen LogP contribution in [0.3, 0.4) is 0 Å². The number of aromatic nitrogens is 2. The van der Waals surface area contributed by atoms with Crippen molar-refractivity contribution in [1.29, 1.82) is 0 Å². The fourth-order valence-corrected chi connectivity index (χ4v) is 1.47. The van der Waals surface area contributed by atoms with Crippen molar-refractivity contribution in [1.82, 2.24) is 10.2 Å². The Balaban J connectivity index is 2.25. The second kappa shape index (κ2) is 5.17. The van der Waals surface area contributed by atoms with Crippen molar-refractivity contribution in [2.45, 2.75) is 0 Å². The van der Waals surface area contributed by atoms with Gasteiger partial charge in [0.05, 0.1) is 35.5 Å². The monoisotopic (exact) mass is 262 g/mol. The van der Waals surface area contributed by atoms with Crippen LogP contribution in [-0.2, 0) is 0 Å². The van der Waals surface area contributed by atoms with Crippen LogP contribution < -0.4 is 10.1 Å². The average Bonchev–Trinajstić information content (AvgIpc) is 2.92. The van der Waals surface area contributed by atoms with Gasteiger partial charge in [-0.2, -0.15) is 5.10 Å². The molecule has 98 valence electrons. The zero-order valence-corrected chi connectivity index (χ0v) is 9.91. The van der Waals surface area contributed by atoms with Crippen LogP contribution in [-0.4, -0.2) is 28.1 Å². The minimum atomic E-state index is -0.538. The Hall–Kier alpha value is -2.90. The number of rotatable bonds is 4. The molecule has 8 heteroatoms. The van der Waals surface area contributed by atoms with E-state index in [0.717, 1.165) is 0 Å². The normalized spacial score (nSPS) is 9.95. The summed E-state index contributed by atoms with van der Waals surface area (Å²) >= 11 is 0. The van der Waals surface area contributed by atoms with E-state index >= 15 is 0 Å². The Bertz CT molecular complexity index is 609. The van der Waals surface area contributed by atoms with Crippen molar-refractivity contribution in [2.24, 2.45) is 0 Å². The molecule has 0 saturated carbocycles. The summed E-state index contributed by atoms with van der Waals surface area (Å²) in [6.45, 7) is 0. The lowest BCUT2D eigenvalue weighted by atomic mass is 10.2. The standard InChI is InChI=1S/C11H10N4O4/c1-19-10-4-8(15(17)18)2-3-9(10)14-11(16)7-5-12-13-6-7/h2-6H,1H3,(H,12,13)(H,14,16). The van der Waals surface area contributed by atoms with Gasteiger partial charge in [-0.05, 0) is 6.07 Å². The summed E-state index contributed by atoms with van der Waals surface area (Å²) in [5, 5.41) is 19.4. The number of benzene rings is 1. The van der Waals surface area contributed by atoms with Crippen LogP contribution in [0, 0.1) is 10.1 Å². The number of ether oxygens (including phenoxy) is 1. The highest BCUT2D eigenvalue weighted by Crippen LogP contribution is 2.29. The predicted octanol–water partition coefficient (Wildman–Crippen LogP) is 1.58. The van der Waals surface area contributed by atoms with Gasteiger partial charge in [-0.15, -0.1) is 0 Å². The number of hydrogen-bond donors (Lipinski definition) is 2. The van der Waals surface area contributed by atoms with E-state index in [1.807, 2.05) is 0 Å². The van der Waals surface area contributed by atoms with Gasteiger partial charge in [0, 0.05) is 12.3 Å². The van der Waals surface area contributed by atoms with Gasteiger partial charge in [0.1, 0.15) is 5.75 Å². The van der Waals surface area contributed by atoms with Crippen LogP contribution in [0.5, 0.6) is 5.75 Å². The summed E-state index contributed by atoms with van der Waals surface area (Å²) < 4.78 is 5.01. The lowest BCUT2D eigenvalue weighted by Crippen LogP contribution is -2.11. The number of non-ortho nitro benzene ring substituents is 1. The van der Waals surface area contributed by atoms with Crippen LogP contribution in [0.1, 0.15) is 10.4 Å². The molecule has 19 heavy (non-hydrogen) atoms. The number of methoxy groups -OCH3 is 1. The maximum Gasteiger partial charge on any atom is 0.273 e. The lowest BCUT2D eigenvalue weighted by Gasteiger charge is -2.08. The van der Waals surface area contributed by atoms with E-state index < -0.39 is 4.92 Å². The minimum Gasteiger partial charge on any atom is -0.494 e. The van der Waals surface area contributed by atoms with E-state index in [2.05, 4.69) is 15.5 Å². The first-order chi connectivity index (χ1) is 9.11. The molecule has 0 aliphatic rings. The average molecular weight is 262 g/mol. The predicted molar refractivity (Wildman–Crippen MR) is 66.2 cm³/mol. The second-order valence-electron chi connectivity index (χ2n) is 3.58. The fourth-order valence-electron chi connectivity index (χ4n) is 1.47. The topological polar surface area (TPSA) is 110 Å². The number of carbonyl (C=O) groups excluding carboxylic acids is 1. The molecule has 0 aliphatic carbocycles. The van der Waals surface area contributed by atoms with Gasteiger partial charge in [0.15, 0.2) is 0 Å². The summed E-state index contributed by atoms with van der Waals surface area (Å²) in [5.41, 5.74) is 0.581. The molecule has 2 aromatic rings. The van der Waals surface area contributed by atoms with E-state index in [1.165, 1.54) is 37.7 Å². The molecule has 1 aromatic carbocycles. The molecule has 0 unspecified atom stereocenters. The van der Waals surface area contributed by atoms with Crippen molar-refractivity contribution in [2.75, 3.05) is 12.4 Å². The molecule has 1 heterocycles. The molecule has 1 amide bonds. The molecule has 0 fully saturated rings. The van der Waals surface area contributed by atoms with Gasteiger partial charge in [0.25, 0.3) is 11.6 Å². The summed E-state index contributed by atoms with van der Waals surface area (Å²) in [6.07, 6.45) is 2.81. The third kappa shape index (κ3) is 2.68. The third-order valence-corrected chi connectivity index (χ3v) is 2.40. The molecule has 0 bridgehead atoms. The molecule has 1 aromatic heterocycles. The highest BCUT2D eigenvalue weighted by Gasteiger charge is 2.14. The number of amides is 1. The smallest absolute Gasteiger partial charge is 0.273 e. The number of nitrogens with zero attached hydrogens (tertiary/aromatic N) is 2. The van der Waals surface area contributed by atoms with Gasteiger partial charge in [-0.3, -0.25) is 20.0 Å². The van der Waals surface area contributed by atoms with Gasteiger partial charge < -0.3 is 10.1 Å². The van der Waals surface area contributed by atoms with Crippen molar-refractivity contribution in [3.63, 3.8) is 0 Å². The summed E-state index contributed by atoms with van der Waals surface area (Å²) in [7, 11) is 1.37. The molecular formula is C11H10N4O4. The quantitative estimate of drug-likeness (QED) is 0.642. The zero-order chi connectivity index (χ0) is 13.8. The first-order valence-electron chi connectivity index (χ1n) is 5.24. The first kappa shape index (κ1) is 12.6. The largest absolute Gasteiger partial charge is 0.494 e. The van der Waals surface area contributed by atoms with Crippen molar-refractivity contribution in [3.05, 3.63) is 46.3 Å². The lowest BCUT2D eigenvalue weighted by molar-refractivity contribution is -0.384. The van der Waals surface area contributed by atoms with E-state index in [0.29, 0.717) is 11.3 Å². The van der Waals surface area contributed by atoms with E-state index in [9.17, 15) is 14.9 Å². The Labute approximate surface area is 107 Å². The number of nitrogens with one attached hydrogen (secondary N) is 2. The van der Waals surface area contributed by atoms with Crippen LogP contribution in [0.4, 0.5) is 11.4 Å². The van der Waals surface area contributed by atoms with Crippen molar-refractivity contribution >= 4 is 17.3 Å². The number of nitro benzene ring substituents is 1. The van der Waals surface area contributed by atoms with Crippen molar-refractivity contribution in [3.8, 4) is 5.75 Å². The Kier molecular flexibility index (Phi) is 3.42. The molecular weight excluding hydrogens is 252 g/mol. The summed E-state index contributed by atoms with van der Waals surface area (Å²) in [6, 6.07) is 3.94. The number of carbonyl (C=O) groups is 1. The minimum absolute atomic E-state index is 0.113. The molecule has 0 radical (unpaired) electrons. The van der Waals surface area contributed by atoms with Gasteiger partial charge in [-0.25, -0.2) is 0 Å². The molecule has 0 spiro atoms. The number of hydrogen-bond acceptors (Lipinski definition) is 5. The Morgan fingerprint density at radius 3 is 2.89 bits per heavy atom. The Morgan fingerprint density at radius 1 is 1.53 bits per heavy atom. The molecule has 2 rings (SSSR count). The van der Waals surface area contributed by atoms with E-state index in [-0.39, 0.29) is 17.3 Å². The highest BCUT2D eigenvalue weighted by atomic mass is 16.6. The van der Waals surface area contributed by atoms with Gasteiger partial charge in [-0.1, -0.05) is 0 Å².